The molecule has 4 heterocycles. The molecule has 0 spiro atoms. The molecule has 0 amide bonds. The smallest absolute Gasteiger partial charge is 0.161 e. The van der Waals surface area contributed by atoms with Crippen LogP contribution in [0.1, 0.15) is 49.3 Å². The van der Waals surface area contributed by atoms with Gasteiger partial charge in [-0.25, -0.2) is 18.7 Å². The van der Waals surface area contributed by atoms with Crippen LogP contribution in [-0.4, -0.2) is 44.4 Å². The van der Waals surface area contributed by atoms with Gasteiger partial charge in [-0.2, -0.15) is 0 Å². The molecule has 2 aliphatic carbocycles. The van der Waals surface area contributed by atoms with E-state index < -0.39 is 12.0 Å². The van der Waals surface area contributed by atoms with Gasteiger partial charge >= 0.3 is 0 Å². The maximum atomic E-state index is 14.5. The van der Waals surface area contributed by atoms with Crippen molar-refractivity contribution in [3.8, 4) is 11.4 Å². The molecular weight excluding hydrogens is 452 g/mol. The number of thioether (sulfide) groups is 1. The molecule has 34 heavy (non-hydrogen) atoms. The van der Waals surface area contributed by atoms with Gasteiger partial charge in [0.1, 0.15) is 17.0 Å². The highest BCUT2D eigenvalue weighted by atomic mass is 32.2. The number of alkyl halides is 1. The summed E-state index contributed by atoms with van der Waals surface area (Å²) in [4.78, 5) is 18.7. The average Bonchev–Trinajstić information content (AvgIpc) is 3.70. The quantitative estimate of drug-likeness (QED) is 0.470. The molecule has 5 nitrogen and oxygen atoms in total. The lowest BCUT2D eigenvalue weighted by Crippen LogP contribution is -2.29. The van der Waals surface area contributed by atoms with Crippen LogP contribution in [0.15, 0.2) is 53.7 Å². The van der Waals surface area contributed by atoms with E-state index in [1.165, 1.54) is 30.6 Å². The summed E-state index contributed by atoms with van der Waals surface area (Å²) in [6.45, 7) is 2.04. The minimum Gasteiger partial charge on any atom is -0.317 e. The van der Waals surface area contributed by atoms with Crippen LogP contribution in [0.25, 0.3) is 27.9 Å². The second-order valence-electron chi connectivity index (χ2n) is 9.14. The number of hydrogen-bond donors (Lipinski definition) is 1. The second-order valence-corrected chi connectivity index (χ2v) is 10.4. The van der Waals surface area contributed by atoms with Crippen molar-refractivity contribution < 1.29 is 8.78 Å². The van der Waals surface area contributed by atoms with E-state index in [4.69, 9.17) is 9.97 Å². The maximum Gasteiger partial charge on any atom is 0.161 e. The summed E-state index contributed by atoms with van der Waals surface area (Å²) in [6.07, 6.45) is 11.3. The highest BCUT2D eigenvalue weighted by Gasteiger charge is 2.29. The molecule has 1 saturated heterocycles. The highest BCUT2D eigenvalue weighted by molar-refractivity contribution is 8.00. The topological polar surface area (TPSA) is 63.6 Å². The summed E-state index contributed by atoms with van der Waals surface area (Å²) in [6, 6.07) is 3.63. The van der Waals surface area contributed by atoms with Gasteiger partial charge in [0.25, 0.3) is 0 Å². The van der Waals surface area contributed by atoms with Crippen molar-refractivity contribution in [2.45, 2.75) is 54.5 Å². The van der Waals surface area contributed by atoms with Crippen LogP contribution >= 0.6 is 11.8 Å². The first-order valence-electron chi connectivity index (χ1n) is 11.9. The van der Waals surface area contributed by atoms with Gasteiger partial charge in [-0.3, -0.25) is 9.97 Å². The summed E-state index contributed by atoms with van der Waals surface area (Å²) < 4.78 is 28.0. The van der Waals surface area contributed by atoms with Crippen LogP contribution in [0, 0.1) is 0 Å². The summed E-state index contributed by atoms with van der Waals surface area (Å²) >= 11 is 1.84. The highest BCUT2D eigenvalue weighted by Crippen LogP contribution is 2.45. The minimum atomic E-state index is -1.29. The molecule has 6 rings (SSSR count). The molecular formula is C26H25F2N5S. The second kappa shape index (κ2) is 9.15. The number of halogens is 2. The largest absolute Gasteiger partial charge is 0.317 e. The molecule has 3 aromatic heterocycles. The van der Waals surface area contributed by atoms with Crippen molar-refractivity contribution in [2.75, 3.05) is 13.1 Å². The first-order valence-corrected chi connectivity index (χ1v) is 12.7. The van der Waals surface area contributed by atoms with E-state index in [0.29, 0.717) is 28.3 Å². The predicted molar refractivity (Wildman–Crippen MR) is 131 cm³/mol. The Morgan fingerprint density at radius 1 is 1.06 bits per heavy atom. The average molecular weight is 478 g/mol. The fourth-order valence-electron chi connectivity index (χ4n) is 4.65. The van der Waals surface area contributed by atoms with Gasteiger partial charge in [-0.1, -0.05) is 6.08 Å². The molecule has 1 atom stereocenters. The third kappa shape index (κ3) is 4.36. The van der Waals surface area contributed by atoms with Crippen molar-refractivity contribution in [2.24, 2.45) is 0 Å². The van der Waals surface area contributed by atoms with E-state index in [2.05, 4.69) is 15.3 Å². The molecule has 1 N–H and O–H groups in total. The fourth-order valence-corrected chi connectivity index (χ4v) is 5.91. The molecule has 1 saturated carbocycles. The van der Waals surface area contributed by atoms with Gasteiger partial charge in [0.05, 0.1) is 17.4 Å². The van der Waals surface area contributed by atoms with Crippen molar-refractivity contribution in [3.05, 3.63) is 60.0 Å². The van der Waals surface area contributed by atoms with Gasteiger partial charge in [0, 0.05) is 40.6 Å². The van der Waals surface area contributed by atoms with E-state index in [9.17, 15) is 8.78 Å². The van der Waals surface area contributed by atoms with E-state index >= 15 is 0 Å². The Kier molecular flexibility index (Phi) is 5.87. The summed E-state index contributed by atoms with van der Waals surface area (Å²) in [5.74, 6) is 0.629. The standard InChI is InChI=1S/C26H25F2N5S/c27-17-3-4-19(21(28)12-17)22-11-16(5-10-31-22)25-32-23-14-30-13-20(15-1-2-15)24(23)26(33-25)34-18-6-8-29-9-7-18/h3-5,10-11,13-15,17-18,29H,1-2,6-9,12H2. The number of rotatable bonds is 5. The third-order valence-electron chi connectivity index (χ3n) is 6.62. The van der Waals surface area contributed by atoms with Crippen LogP contribution in [0.4, 0.5) is 8.78 Å². The number of nitrogens with zero attached hydrogens (tertiary/aromatic N) is 4. The molecule has 0 bridgehead atoms. The van der Waals surface area contributed by atoms with Gasteiger partial charge < -0.3 is 5.32 Å². The van der Waals surface area contributed by atoms with Crippen LogP contribution in [0.2, 0.25) is 0 Å². The number of piperidine rings is 1. The Balaban J connectivity index is 1.44. The van der Waals surface area contributed by atoms with Gasteiger partial charge in [0.2, 0.25) is 0 Å². The SMILES string of the molecule is FC1=C(c2cc(-c3nc(SC4CCNCC4)c4c(C5CC5)cncc4n3)ccn2)C=CC(F)C1. The number of fused-ring (bicyclic) bond motifs is 1. The van der Waals surface area contributed by atoms with E-state index in [-0.39, 0.29) is 6.42 Å². The third-order valence-corrected chi connectivity index (χ3v) is 7.94. The Hall–Kier alpha value is -2.71. The lowest BCUT2D eigenvalue weighted by molar-refractivity contribution is 0.370. The monoisotopic (exact) mass is 477 g/mol. The zero-order valence-electron chi connectivity index (χ0n) is 18.7. The lowest BCUT2D eigenvalue weighted by atomic mass is 10.0. The van der Waals surface area contributed by atoms with Crippen molar-refractivity contribution in [3.63, 3.8) is 0 Å². The summed E-state index contributed by atoms with van der Waals surface area (Å²) in [5.41, 5.74) is 3.62. The zero-order chi connectivity index (χ0) is 23.1. The molecule has 0 aromatic carbocycles. The zero-order valence-corrected chi connectivity index (χ0v) is 19.5. The van der Waals surface area contributed by atoms with Crippen LogP contribution in [-0.2, 0) is 0 Å². The van der Waals surface area contributed by atoms with Crippen LogP contribution in [0.3, 0.4) is 0 Å². The molecule has 0 radical (unpaired) electrons. The normalized spacial score (nSPS) is 21.4. The Morgan fingerprint density at radius 3 is 2.71 bits per heavy atom. The minimum absolute atomic E-state index is 0.253. The van der Waals surface area contributed by atoms with E-state index in [1.807, 2.05) is 30.2 Å². The van der Waals surface area contributed by atoms with Gasteiger partial charge in [-0.15, -0.1) is 11.8 Å². The molecule has 2 fully saturated rings. The summed E-state index contributed by atoms with van der Waals surface area (Å²) in [7, 11) is 0. The Labute approximate surface area is 201 Å². The molecule has 1 unspecified atom stereocenters. The number of allylic oxidation sites excluding steroid dienone is 4. The molecule has 3 aromatic rings. The summed E-state index contributed by atoms with van der Waals surface area (Å²) in [5, 5.41) is 6.05. The number of aromatic nitrogens is 4. The van der Waals surface area contributed by atoms with E-state index in [0.717, 1.165) is 47.4 Å². The molecule has 8 heteroatoms. The van der Waals surface area contributed by atoms with Crippen molar-refractivity contribution >= 4 is 28.2 Å². The number of hydrogen-bond acceptors (Lipinski definition) is 6. The first-order chi connectivity index (χ1) is 16.7. The maximum absolute atomic E-state index is 14.5. The van der Waals surface area contributed by atoms with Crippen molar-refractivity contribution in [1.82, 2.24) is 25.3 Å². The lowest BCUT2D eigenvalue weighted by Gasteiger charge is -2.22. The van der Waals surface area contributed by atoms with Crippen LogP contribution in [0.5, 0.6) is 0 Å². The molecule has 1 aliphatic heterocycles. The Morgan fingerprint density at radius 2 is 1.91 bits per heavy atom. The van der Waals surface area contributed by atoms with Gasteiger partial charge in [-0.05, 0) is 68.5 Å². The van der Waals surface area contributed by atoms with E-state index in [1.54, 1.807) is 12.3 Å². The first kappa shape index (κ1) is 21.8. The molecule has 3 aliphatic rings. The Bertz CT molecular complexity index is 1300. The fraction of sp³-hybridized carbons (Fsp3) is 0.385. The predicted octanol–water partition coefficient (Wildman–Crippen LogP) is 5.79. The number of nitrogens with one attached hydrogen (secondary N) is 1. The van der Waals surface area contributed by atoms with Gasteiger partial charge in [0.15, 0.2) is 5.82 Å². The van der Waals surface area contributed by atoms with Crippen LogP contribution < -0.4 is 5.32 Å². The molecule has 174 valence electrons. The van der Waals surface area contributed by atoms with Crippen molar-refractivity contribution in [1.29, 1.82) is 0 Å². The number of pyridine rings is 2.